The Labute approximate surface area is 157 Å². The monoisotopic (exact) mass is 372 g/mol. The van der Waals surface area contributed by atoms with Crippen LogP contribution in [0.3, 0.4) is 0 Å². The summed E-state index contributed by atoms with van der Waals surface area (Å²) < 4.78 is 0. The first-order valence-corrected chi connectivity index (χ1v) is 9.56. The number of anilines is 2. The van der Waals surface area contributed by atoms with Gasteiger partial charge in [0, 0.05) is 56.4 Å². The van der Waals surface area contributed by atoms with Crippen LogP contribution in [-0.4, -0.2) is 44.0 Å². The van der Waals surface area contributed by atoms with Gasteiger partial charge in [0.25, 0.3) is 0 Å². The molecule has 26 heavy (non-hydrogen) atoms. The normalized spacial score (nSPS) is 13.1. The van der Waals surface area contributed by atoms with Crippen LogP contribution in [0.4, 0.5) is 16.2 Å². The number of nitrogens with one attached hydrogen (secondary N) is 2. The number of thiophene rings is 1. The first-order chi connectivity index (χ1) is 12.5. The van der Waals surface area contributed by atoms with Crippen LogP contribution < -0.4 is 15.5 Å². The maximum atomic E-state index is 11.9. The van der Waals surface area contributed by atoms with Gasteiger partial charge in [-0.1, -0.05) is 0 Å². The van der Waals surface area contributed by atoms with Crippen molar-refractivity contribution >= 4 is 34.6 Å². The fraction of sp³-hybridized carbons (Fsp3) is 0.368. The molecule has 2 heterocycles. The summed E-state index contributed by atoms with van der Waals surface area (Å²) in [5.41, 5.74) is 3.30. The SMILES string of the molecule is CN(C)C(=O)CCNC(=O)Nc1ccc(N2CCc3sccc3C2)cc1. The van der Waals surface area contributed by atoms with E-state index in [-0.39, 0.29) is 11.9 Å². The molecule has 3 rings (SSSR count). The second kappa shape index (κ2) is 8.23. The highest BCUT2D eigenvalue weighted by molar-refractivity contribution is 7.10. The van der Waals surface area contributed by atoms with Crippen molar-refractivity contribution in [2.24, 2.45) is 0 Å². The topological polar surface area (TPSA) is 64.7 Å². The molecule has 6 nitrogen and oxygen atoms in total. The van der Waals surface area contributed by atoms with Crippen molar-refractivity contribution in [2.75, 3.05) is 37.4 Å². The summed E-state index contributed by atoms with van der Waals surface area (Å²) in [6, 6.07) is 9.77. The molecular weight excluding hydrogens is 348 g/mol. The predicted octanol–water partition coefficient (Wildman–Crippen LogP) is 2.91. The average molecular weight is 372 g/mol. The van der Waals surface area contributed by atoms with Crippen LogP contribution in [0, 0.1) is 0 Å². The summed E-state index contributed by atoms with van der Waals surface area (Å²) in [5.74, 6) is -0.00929. The van der Waals surface area contributed by atoms with Gasteiger partial charge in [-0.25, -0.2) is 4.79 Å². The maximum absolute atomic E-state index is 11.9. The van der Waals surface area contributed by atoms with E-state index in [1.165, 1.54) is 15.3 Å². The van der Waals surface area contributed by atoms with Gasteiger partial charge in [0.1, 0.15) is 0 Å². The standard InChI is InChI=1S/C19H24N4O2S/c1-22(2)18(24)7-10-20-19(25)21-15-3-5-16(6-4-15)23-11-8-17-14(13-23)9-12-26-17/h3-6,9,12H,7-8,10-11,13H2,1-2H3,(H2,20,21,25). The first-order valence-electron chi connectivity index (χ1n) is 8.68. The summed E-state index contributed by atoms with van der Waals surface area (Å²) in [7, 11) is 3.40. The molecule has 1 aliphatic heterocycles. The highest BCUT2D eigenvalue weighted by Crippen LogP contribution is 2.28. The molecule has 0 aliphatic carbocycles. The van der Waals surface area contributed by atoms with Crippen molar-refractivity contribution in [3.8, 4) is 0 Å². The smallest absolute Gasteiger partial charge is 0.319 e. The van der Waals surface area contributed by atoms with Crippen LogP contribution in [0.5, 0.6) is 0 Å². The number of amides is 3. The first kappa shape index (κ1) is 18.3. The van der Waals surface area contributed by atoms with Crippen molar-refractivity contribution in [1.82, 2.24) is 10.2 Å². The number of carbonyl (C=O) groups is 2. The van der Waals surface area contributed by atoms with E-state index in [1.54, 1.807) is 14.1 Å². The lowest BCUT2D eigenvalue weighted by Gasteiger charge is -2.29. The van der Waals surface area contributed by atoms with Crippen LogP contribution in [0.2, 0.25) is 0 Å². The predicted molar refractivity (Wildman–Crippen MR) is 106 cm³/mol. The quantitative estimate of drug-likeness (QED) is 0.848. The third-order valence-electron chi connectivity index (χ3n) is 4.42. The van der Waals surface area contributed by atoms with E-state index >= 15 is 0 Å². The van der Waals surface area contributed by atoms with E-state index in [9.17, 15) is 9.59 Å². The lowest BCUT2D eigenvalue weighted by molar-refractivity contribution is -0.128. The fourth-order valence-electron chi connectivity index (χ4n) is 2.91. The van der Waals surface area contributed by atoms with E-state index in [1.807, 2.05) is 35.6 Å². The summed E-state index contributed by atoms with van der Waals surface area (Å²) >= 11 is 1.84. The Morgan fingerprint density at radius 2 is 1.96 bits per heavy atom. The van der Waals surface area contributed by atoms with E-state index in [0.29, 0.717) is 13.0 Å². The van der Waals surface area contributed by atoms with Gasteiger partial charge in [-0.2, -0.15) is 0 Å². The molecule has 0 atom stereocenters. The number of nitrogens with zero attached hydrogens (tertiary/aromatic N) is 2. The zero-order valence-electron chi connectivity index (χ0n) is 15.1. The van der Waals surface area contributed by atoms with Gasteiger partial charge < -0.3 is 20.4 Å². The molecule has 0 unspecified atom stereocenters. The summed E-state index contributed by atoms with van der Waals surface area (Å²) in [6.45, 7) is 2.27. The lowest BCUT2D eigenvalue weighted by Crippen LogP contribution is -2.33. The average Bonchev–Trinajstić information content (AvgIpc) is 3.10. The molecular formula is C19H24N4O2S. The second-order valence-electron chi connectivity index (χ2n) is 6.51. The van der Waals surface area contributed by atoms with Gasteiger partial charge in [0.05, 0.1) is 0 Å². The minimum absolute atomic E-state index is 0.00929. The number of fused-ring (bicyclic) bond motifs is 1. The number of hydrogen-bond donors (Lipinski definition) is 2. The molecule has 0 radical (unpaired) electrons. The molecule has 1 aliphatic rings. The molecule has 3 amide bonds. The summed E-state index contributed by atoms with van der Waals surface area (Å²) in [4.78, 5) is 28.7. The minimum atomic E-state index is -0.301. The number of benzene rings is 1. The Morgan fingerprint density at radius 1 is 1.19 bits per heavy atom. The molecule has 138 valence electrons. The number of urea groups is 1. The molecule has 1 aromatic heterocycles. The van der Waals surface area contributed by atoms with Crippen LogP contribution >= 0.6 is 11.3 Å². The molecule has 0 spiro atoms. The van der Waals surface area contributed by atoms with Crippen molar-refractivity contribution in [3.63, 3.8) is 0 Å². The number of rotatable bonds is 5. The van der Waals surface area contributed by atoms with Crippen LogP contribution in [0.25, 0.3) is 0 Å². The number of carbonyl (C=O) groups excluding carboxylic acids is 2. The highest BCUT2D eigenvalue weighted by Gasteiger charge is 2.17. The summed E-state index contributed by atoms with van der Waals surface area (Å²) in [5, 5.41) is 7.65. The number of hydrogen-bond acceptors (Lipinski definition) is 4. The van der Waals surface area contributed by atoms with Gasteiger partial charge in [-0.3, -0.25) is 4.79 Å². The van der Waals surface area contributed by atoms with Gasteiger partial charge in [0.2, 0.25) is 5.91 Å². The van der Waals surface area contributed by atoms with Gasteiger partial charge >= 0.3 is 6.03 Å². The molecule has 1 aromatic carbocycles. The highest BCUT2D eigenvalue weighted by atomic mass is 32.1. The van der Waals surface area contributed by atoms with E-state index in [0.717, 1.165) is 30.9 Å². The molecule has 0 fully saturated rings. The minimum Gasteiger partial charge on any atom is -0.367 e. The van der Waals surface area contributed by atoms with Crippen LogP contribution in [-0.2, 0) is 17.8 Å². The Morgan fingerprint density at radius 3 is 2.69 bits per heavy atom. The van der Waals surface area contributed by atoms with Gasteiger partial charge in [-0.15, -0.1) is 11.3 Å². The largest absolute Gasteiger partial charge is 0.367 e. The molecule has 0 saturated heterocycles. The zero-order chi connectivity index (χ0) is 18.5. The van der Waals surface area contributed by atoms with Crippen molar-refractivity contribution in [1.29, 1.82) is 0 Å². The molecule has 2 aromatic rings. The Balaban J connectivity index is 1.49. The van der Waals surface area contributed by atoms with Crippen LogP contribution in [0.15, 0.2) is 35.7 Å². The van der Waals surface area contributed by atoms with Gasteiger partial charge in [0.15, 0.2) is 0 Å². The van der Waals surface area contributed by atoms with E-state index < -0.39 is 0 Å². The van der Waals surface area contributed by atoms with E-state index in [2.05, 4.69) is 27.0 Å². The van der Waals surface area contributed by atoms with Crippen molar-refractivity contribution in [3.05, 3.63) is 46.2 Å². The lowest BCUT2D eigenvalue weighted by atomic mass is 10.1. The van der Waals surface area contributed by atoms with Crippen molar-refractivity contribution < 1.29 is 9.59 Å². The second-order valence-corrected chi connectivity index (χ2v) is 7.51. The molecule has 2 N–H and O–H groups in total. The van der Waals surface area contributed by atoms with Crippen molar-refractivity contribution in [2.45, 2.75) is 19.4 Å². The molecule has 0 saturated carbocycles. The molecule has 7 heteroatoms. The Kier molecular flexibility index (Phi) is 5.78. The third kappa shape index (κ3) is 4.54. The van der Waals surface area contributed by atoms with Crippen LogP contribution in [0.1, 0.15) is 16.9 Å². The van der Waals surface area contributed by atoms with E-state index in [4.69, 9.17) is 0 Å². The maximum Gasteiger partial charge on any atom is 0.319 e. The Hall–Kier alpha value is -2.54. The fourth-order valence-corrected chi connectivity index (χ4v) is 3.80. The molecule has 0 bridgehead atoms. The Bertz CT molecular complexity index is 770. The summed E-state index contributed by atoms with van der Waals surface area (Å²) in [6.07, 6.45) is 1.37. The zero-order valence-corrected chi connectivity index (χ0v) is 15.9. The third-order valence-corrected chi connectivity index (χ3v) is 5.44. The van der Waals surface area contributed by atoms with Gasteiger partial charge in [-0.05, 0) is 47.7 Å².